The van der Waals surface area contributed by atoms with Gasteiger partial charge in [0.05, 0.1) is 6.54 Å². The molecule has 0 radical (unpaired) electrons. The van der Waals surface area contributed by atoms with Crippen LogP contribution in [0.2, 0.25) is 0 Å². The highest BCUT2D eigenvalue weighted by Gasteiger charge is 2.38. The number of nitrogens with one attached hydrogen (secondary N) is 2. The Balaban J connectivity index is 0.000000517. The third kappa shape index (κ3) is 9.28. The van der Waals surface area contributed by atoms with Gasteiger partial charge < -0.3 is 15.4 Å². The van der Waals surface area contributed by atoms with Gasteiger partial charge in [0, 0.05) is 43.3 Å². The first kappa shape index (κ1) is 30.5. The van der Waals surface area contributed by atoms with Crippen LogP contribution in [0.25, 0.3) is 11.1 Å². The van der Waals surface area contributed by atoms with Gasteiger partial charge in [0.1, 0.15) is 5.82 Å². The van der Waals surface area contributed by atoms with Gasteiger partial charge in [0.2, 0.25) is 0 Å². The number of carboxylic acid groups (broad SMARTS) is 1. The normalized spacial score (nSPS) is 14.4. The summed E-state index contributed by atoms with van der Waals surface area (Å²) >= 11 is 0. The van der Waals surface area contributed by atoms with Crippen LogP contribution in [-0.4, -0.2) is 69.1 Å². The first-order valence-electron chi connectivity index (χ1n) is 13.5. The van der Waals surface area contributed by atoms with Crippen LogP contribution in [0, 0.1) is 0 Å². The maximum atomic E-state index is 12.8. The molecule has 1 aliphatic rings. The third-order valence-electron chi connectivity index (χ3n) is 6.70. The minimum absolute atomic E-state index is 0.0925. The van der Waals surface area contributed by atoms with Crippen LogP contribution in [0.15, 0.2) is 91.3 Å². The van der Waals surface area contributed by atoms with Crippen molar-refractivity contribution in [3.8, 4) is 11.1 Å². The molecule has 2 heterocycles. The summed E-state index contributed by atoms with van der Waals surface area (Å²) in [6.07, 6.45) is -0.258. The molecule has 42 heavy (non-hydrogen) atoms. The van der Waals surface area contributed by atoms with E-state index in [0.717, 1.165) is 68.3 Å². The molecule has 0 unspecified atom stereocenters. The van der Waals surface area contributed by atoms with Gasteiger partial charge in [-0.1, -0.05) is 54.6 Å². The minimum atomic E-state index is -5.08. The van der Waals surface area contributed by atoms with Crippen LogP contribution < -0.4 is 5.32 Å². The van der Waals surface area contributed by atoms with Gasteiger partial charge in [-0.05, 0) is 60.5 Å². The van der Waals surface area contributed by atoms with Crippen molar-refractivity contribution in [1.29, 1.82) is 0 Å². The predicted octanol–water partition coefficient (Wildman–Crippen LogP) is 5.67. The number of imidazole rings is 1. The van der Waals surface area contributed by atoms with Gasteiger partial charge >= 0.3 is 12.1 Å². The van der Waals surface area contributed by atoms with Gasteiger partial charge in [-0.15, -0.1) is 0 Å². The molecule has 0 bridgehead atoms. The Kier molecular flexibility index (Phi) is 10.5. The van der Waals surface area contributed by atoms with Gasteiger partial charge in [-0.3, -0.25) is 14.6 Å². The monoisotopic (exact) mass is 579 g/mol. The lowest BCUT2D eigenvalue weighted by molar-refractivity contribution is -0.192. The molecule has 220 valence electrons. The molecule has 4 aromatic rings. The fourth-order valence-corrected chi connectivity index (χ4v) is 4.59. The van der Waals surface area contributed by atoms with Crippen LogP contribution in [0.3, 0.4) is 0 Å². The molecule has 1 saturated heterocycles. The second kappa shape index (κ2) is 14.4. The minimum Gasteiger partial charge on any atom is -0.475 e. The number of rotatable bonds is 7. The molecule has 1 aliphatic heterocycles. The van der Waals surface area contributed by atoms with Crippen molar-refractivity contribution in [2.45, 2.75) is 25.7 Å². The zero-order chi connectivity index (χ0) is 30.0. The van der Waals surface area contributed by atoms with Crippen molar-refractivity contribution < 1.29 is 27.9 Å². The second-order valence-corrected chi connectivity index (χ2v) is 9.84. The Bertz CT molecular complexity index is 1430. The Labute approximate surface area is 241 Å². The van der Waals surface area contributed by atoms with Crippen molar-refractivity contribution in [3.05, 3.63) is 108 Å². The predicted molar refractivity (Wildman–Crippen MR) is 154 cm³/mol. The molecule has 1 amide bonds. The van der Waals surface area contributed by atoms with E-state index in [2.05, 4.69) is 49.4 Å². The number of hydrogen-bond donors (Lipinski definition) is 3. The number of nitrogens with zero attached hydrogens (tertiary/aromatic N) is 3. The van der Waals surface area contributed by atoms with E-state index in [1.807, 2.05) is 67.0 Å². The molecule has 1 aromatic heterocycles. The summed E-state index contributed by atoms with van der Waals surface area (Å²) in [5.41, 5.74) is 4.93. The molecule has 5 rings (SSSR count). The summed E-state index contributed by atoms with van der Waals surface area (Å²) < 4.78 is 31.7. The number of H-pyrrole nitrogens is 1. The van der Waals surface area contributed by atoms with E-state index in [0.29, 0.717) is 5.56 Å². The van der Waals surface area contributed by atoms with Crippen molar-refractivity contribution in [3.63, 3.8) is 0 Å². The number of carbonyl (C=O) groups is 2. The van der Waals surface area contributed by atoms with Crippen molar-refractivity contribution in [2.24, 2.45) is 0 Å². The highest BCUT2D eigenvalue weighted by atomic mass is 19.4. The number of aromatic nitrogens is 2. The van der Waals surface area contributed by atoms with E-state index >= 15 is 0 Å². The molecule has 3 N–H and O–H groups in total. The molecule has 11 heteroatoms. The van der Waals surface area contributed by atoms with Gasteiger partial charge in [0.25, 0.3) is 5.91 Å². The van der Waals surface area contributed by atoms with Gasteiger partial charge in [-0.25, -0.2) is 9.78 Å². The number of alkyl halides is 3. The Morgan fingerprint density at radius 1 is 0.857 bits per heavy atom. The Morgan fingerprint density at radius 3 is 2.12 bits per heavy atom. The van der Waals surface area contributed by atoms with Crippen molar-refractivity contribution >= 4 is 17.6 Å². The van der Waals surface area contributed by atoms with E-state index in [1.165, 1.54) is 5.56 Å². The maximum Gasteiger partial charge on any atom is 0.490 e. The largest absolute Gasteiger partial charge is 0.490 e. The number of anilines is 1. The Hall–Kier alpha value is -4.48. The van der Waals surface area contributed by atoms with E-state index < -0.39 is 12.1 Å². The molecular formula is C31H32F3N5O3. The summed E-state index contributed by atoms with van der Waals surface area (Å²) in [5.74, 6) is -1.82. The van der Waals surface area contributed by atoms with E-state index in [9.17, 15) is 18.0 Å². The van der Waals surface area contributed by atoms with Crippen LogP contribution >= 0.6 is 0 Å². The SMILES string of the molecule is O=C(Nc1cccc(CN2CCCN(Cc3ncc[nH]3)CC2)c1)c1ccc(-c2ccccc2)cc1.O=C(O)C(F)(F)F. The molecule has 0 spiro atoms. The van der Waals surface area contributed by atoms with Crippen LogP contribution in [-0.2, 0) is 17.9 Å². The van der Waals surface area contributed by atoms with Crippen molar-refractivity contribution in [2.75, 3.05) is 31.5 Å². The quantitative estimate of drug-likeness (QED) is 0.261. The fraction of sp³-hybridized carbons (Fsp3) is 0.258. The number of halogens is 3. The molecule has 0 atom stereocenters. The van der Waals surface area contributed by atoms with E-state index in [4.69, 9.17) is 9.90 Å². The standard InChI is InChI=1S/C29H31N5O.C2HF3O2/c35-29(26-12-10-25(11-13-26)24-7-2-1-3-8-24)32-27-9-4-6-23(20-27)21-33-16-5-17-34(19-18-33)22-28-30-14-15-31-28;3-2(4,5)1(6)7/h1-4,6-15,20H,5,16-19,21-22H2,(H,30,31)(H,32,35);(H,6,7). The Morgan fingerprint density at radius 2 is 1.50 bits per heavy atom. The summed E-state index contributed by atoms with van der Waals surface area (Å²) in [7, 11) is 0. The number of carboxylic acids is 1. The van der Waals surface area contributed by atoms with Crippen LogP contribution in [0.5, 0.6) is 0 Å². The number of aliphatic carboxylic acids is 1. The highest BCUT2D eigenvalue weighted by molar-refractivity contribution is 6.04. The average molecular weight is 580 g/mol. The number of benzene rings is 3. The highest BCUT2D eigenvalue weighted by Crippen LogP contribution is 2.21. The zero-order valence-corrected chi connectivity index (χ0v) is 22.8. The summed E-state index contributed by atoms with van der Waals surface area (Å²) in [6, 6.07) is 26.1. The van der Waals surface area contributed by atoms with Crippen LogP contribution in [0.4, 0.5) is 18.9 Å². The molecule has 1 fully saturated rings. The molecular weight excluding hydrogens is 547 g/mol. The third-order valence-corrected chi connectivity index (χ3v) is 6.70. The van der Waals surface area contributed by atoms with Crippen LogP contribution in [0.1, 0.15) is 28.2 Å². The summed E-state index contributed by atoms with van der Waals surface area (Å²) in [4.78, 5) is 34.2. The first-order chi connectivity index (χ1) is 20.2. The van der Waals surface area contributed by atoms with Gasteiger partial charge in [-0.2, -0.15) is 13.2 Å². The summed E-state index contributed by atoms with van der Waals surface area (Å²) in [5, 5.41) is 10.2. The second-order valence-electron chi connectivity index (χ2n) is 9.84. The average Bonchev–Trinajstić information content (AvgIpc) is 3.39. The topological polar surface area (TPSA) is 102 Å². The van der Waals surface area contributed by atoms with Crippen molar-refractivity contribution in [1.82, 2.24) is 19.8 Å². The zero-order valence-electron chi connectivity index (χ0n) is 22.8. The number of amides is 1. The summed E-state index contributed by atoms with van der Waals surface area (Å²) in [6.45, 7) is 5.94. The molecule has 3 aromatic carbocycles. The number of carbonyl (C=O) groups excluding carboxylic acids is 1. The number of aromatic amines is 1. The number of hydrogen-bond acceptors (Lipinski definition) is 5. The molecule has 0 aliphatic carbocycles. The molecule has 0 saturated carbocycles. The fourth-order valence-electron chi connectivity index (χ4n) is 4.59. The first-order valence-corrected chi connectivity index (χ1v) is 13.5. The van der Waals surface area contributed by atoms with E-state index in [-0.39, 0.29) is 5.91 Å². The maximum absolute atomic E-state index is 12.8. The smallest absolute Gasteiger partial charge is 0.475 e. The lowest BCUT2D eigenvalue weighted by Gasteiger charge is -2.21. The van der Waals surface area contributed by atoms with Gasteiger partial charge in [0.15, 0.2) is 0 Å². The lowest BCUT2D eigenvalue weighted by Crippen LogP contribution is -2.30. The molecule has 8 nitrogen and oxygen atoms in total. The van der Waals surface area contributed by atoms with E-state index in [1.54, 1.807) is 0 Å². The lowest BCUT2D eigenvalue weighted by atomic mass is 10.0.